The molecule has 1 aromatic rings. The van der Waals surface area contributed by atoms with Crippen LogP contribution in [0.5, 0.6) is 0 Å². The van der Waals surface area contributed by atoms with Crippen molar-refractivity contribution in [3.05, 3.63) is 29.8 Å². The van der Waals surface area contributed by atoms with E-state index in [9.17, 15) is 5.11 Å². The summed E-state index contributed by atoms with van der Waals surface area (Å²) in [6.07, 6.45) is -1.01. The molecule has 0 aliphatic carbocycles. The average molecular weight is 309 g/mol. The minimum absolute atomic E-state index is 0.0113. The van der Waals surface area contributed by atoms with Crippen molar-refractivity contribution in [3.8, 4) is 6.07 Å². The Morgan fingerprint density at radius 2 is 2.20 bits per heavy atom. The van der Waals surface area contributed by atoms with E-state index in [0.717, 1.165) is 10.6 Å². The molecule has 1 aromatic carbocycles. The first-order valence-electron chi connectivity index (χ1n) is 6.37. The second-order valence-corrected chi connectivity index (χ2v) is 7.47. The van der Waals surface area contributed by atoms with Crippen LogP contribution in [0.3, 0.4) is 0 Å². The van der Waals surface area contributed by atoms with Gasteiger partial charge in [0.15, 0.2) is 0 Å². The quantitative estimate of drug-likeness (QED) is 0.919. The molecule has 0 aromatic heterocycles. The lowest BCUT2D eigenvalue weighted by Crippen LogP contribution is -2.35. The van der Waals surface area contributed by atoms with Gasteiger partial charge < -0.3 is 14.6 Å². The third-order valence-corrected chi connectivity index (χ3v) is 6.43. The Hall–Kier alpha value is -0.710. The standard InChI is InChI=1S/C14H15NO3S2/c1-17-12-10-7-19-14(13(18-10)11(12)16)20-9-4-2-8(6-15)3-5-9/h2-5,10-14,16H,7H2,1H3/t10-,11+,12-,13-,14-/m1/s1. The Kier molecular flexibility index (Phi) is 4.24. The van der Waals surface area contributed by atoms with Gasteiger partial charge in [0.1, 0.15) is 18.3 Å². The van der Waals surface area contributed by atoms with E-state index in [0.29, 0.717) is 5.56 Å². The highest BCUT2D eigenvalue weighted by Crippen LogP contribution is 2.45. The average Bonchev–Trinajstić information content (AvgIpc) is 2.74. The van der Waals surface area contributed by atoms with E-state index in [1.54, 1.807) is 30.6 Å². The largest absolute Gasteiger partial charge is 0.388 e. The molecule has 0 radical (unpaired) electrons. The predicted octanol–water partition coefficient (Wildman–Crippen LogP) is 1.87. The zero-order valence-corrected chi connectivity index (χ0v) is 12.6. The summed E-state index contributed by atoms with van der Waals surface area (Å²) in [5.41, 5.74) is 0.655. The van der Waals surface area contributed by atoms with Gasteiger partial charge in [-0.05, 0) is 24.3 Å². The van der Waals surface area contributed by atoms with Crippen LogP contribution in [0.4, 0.5) is 0 Å². The number of hydrogen-bond donors (Lipinski definition) is 1. The number of aliphatic hydroxyl groups excluding tert-OH is 1. The van der Waals surface area contributed by atoms with Gasteiger partial charge >= 0.3 is 0 Å². The fraction of sp³-hybridized carbons (Fsp3) is 0.500. The highest BCUT2D eigenvalue weighted by molar-refractivity contribution is 8.17. The van der Waals surface area contributed by atoms with Gasteiger partial charge in [0, 0.05) is 17.8 Å². The number of nitrogens with zero attached hydrogens (tertiary/aromatic N) is 1. The molecule has 0 unspecified atom stereocenters. The Bertz CT molecular complexity index is 516. The number of hydrogen-bond acceptors (Lipinski definition) is 6. The van der Waals surface area contributed by atoms with Crippen molar-refractivity contribution in [1.82, 2.24) is 0 Å². The number of nitriles is 1. The molecule has 0 spiro atoms. The topological polar surface area (TPSA) is 62.5 Å². The monoisotopic (exact) mass is 309 g/mol. The second kappa shape index (κ2) is 5.96. The molecule has 4 nitrogen and oxygen atoms in total. The summed E-state index contributed by atoms with van der Waals surface area (Å²) in [6, 6.07) is 9.60. The first-order chi connectivity index (χ1) is 9.72. The van der Waals surface area contributed by atoms with Gasteiger partial charge in [0.05, 0.1) is 22.3 Å². The van der Waals surface area contributed by atoms with Crippen LogP contribution in [0.15, 0.2) is 29.2 Å². The van der Waals surface area contributed by atoms with Crippen molar-refractivity contribution < 1.29 is 14.6 Å². The van der Waals surface area contributed by atoms with Gasteiger partial charge in [0.2, 0.25) is 0 Å². The van der Waals surface area contributed by atoms with Crippen LogP contribution in [0.1, 0.15) is 5.56 Å². The maximum atomic E-state index is 10.3. The zero-order valence-electron chi connectivity index (χ0n) is 10.9. The SMILES string of the molecule is CO[C@H]1[C@H](O)[C@H]2O[C@@H]1CS[C@@H]2Sc1ccc(C#N)cc1. The Labute approximate surface area is 126 Å². The highest BCUT2D eigenvalue weighted by Gasteiger charge is 2.51. The molecule has 0 amide bonds. The van der Waals surface area contributed by atoms with E-state index in [1.807, 2.05) is 24.3 Å². The minimum atomic E-state index is -0.573. The Morgan fingerprint density at radius 3 is 2.85 bits per heavy atom. The lowest BCUT2D eigenvalue weighted by atomic mass is 10.1. The van der Waals surface area contributed by atoms with E-state index < -0.39 is 6.10 Å². The van der Waals surface area contributed by atoms with E-state index in [-0.39, 0.29) is 22.9 Å². The summed E-state index contributed by atoms with van der Waals surface area (Å²) < 4.78 is 11.4. The van der Waals surface area contributed by atoms with Crippen LogP contribution in [0.25, 0.3) is 0 Å². The van der Waals surface area contributed by atoms with Crippen molar-refractivity contribution in [2.45, 2.75) is 33.9 Å². The summed E-state index contributed by atoms with van der Waals surface area (Å²) in [6.45, 7) is 0. The van der Waals surface area contributed by atoms with Crippen molar-refractivity contribution in [3.63, 3.8) is 0 Å². The summed E-state index contributed by atoms with van der Waals surface area (Å²) in [5.74, 6) is 0.833. The summed E-state index contributed by atoms with van der Waals surface area (Å²) >= 11 is 3.47. The van der Waals surface area contributed by atoms with Crippen LogP contribution in [0.2, 0.25) is 0 Å². The normalized spacial score (nSPS) is 35.8. The van der Waals surface area contributed by atoms with E-state index in [2.05, 4.69) is 6.07 Å². The molecule has 3 rings (SSSR count). The molecule has 2 heterocycles. The van der Waals surface area contributed by atoms with Crippen molar-refractivity contribution >= 4 is 23.5 Å². The second-order valence-electron chi connectivity index (χ2n) is 4.79. The molecule has 2 fully saturated rings. The fourth-order valence-electron chi connectivity index (χ4n) is 2.54. The molecule has 2 aliphatic rings. The molecule has 20 heavy (non-hydrogen) atoms. The van der Waals surface area contributed by atoms with Crippen LogP contribution in [-0.2, 0) is 9.47 Å². The third-order valence-electron chi connectivity index (χ3n) is 3.57. The van der Waals surface area contributed by atoms with E-state index >= 15 is 0 Å². The van der Waals surface area contributed by atoms with Gasteiger partial charge in [-0.15, -0.1) is 23.5 Å². The fourth-order valence-corrected chi connectivity index (χ4v) is 5.37. The van der Waals surface area contributed by atoms with E-state index in [1.165, 1.54) is 0 Å². The third kappa shape index (κ3) is 2.57. The number of thioether (sulfide) groups is 2. The van der Waals surface area contributed by atoms with Crippen LogP contribution >= 0.6 is 23.5 Å². The lowest BCUT2D eigenvalue weighted by Gasteiger charge is -2.28. The zero-order chi connectivity index (χ0) is 14.1. The van der Waals surface area contributed by atoms with Gasteiger partial charge in [-0.25, -0.2) is 0 Å². The number of benzene rings is 1. The number of aliphatic hydroxyl groups is 1. The molecule has 2 bridgehead atoms. The summed E-state index contributed by atoms with van der Waals surface area (Å²) in [5, 5.41) is 19.1. The molecule has 2 aliphatic heterocycles. The van der Waals surface area contributed by atoms with Gasteiger partial charge in [-0.1, -0.05) is 0 Å². The number of ether oxygens (including phenoxy) is 2. The number of rotatable bonds is 3. The summed E-state index contributed by atoms with van der Waals surface area (Å²) in [7, 11) is 1.62. The lowest BCUT2D eigenvalue weighted by molar-refractivity contribution is -0.00198. The molecule has 2 saturated heterocycles. The van der Waals surface area contributed by atoms with Gasteiger partial charge in [-0.3, -0.25) is 0 Å². The molecular weight excluding hydrogens is 294 g/mol. The van der Waals surface area contributed by atoms with Gasteiger partial charge in [-0.2, -0.15) is 5.26 Å². The highest BCUT2D eigenvalue weighted by atomic mass is 32.2. The smallest absolute Gasteiger partial charge is 0.113 e. The molecular formula is C14H15NO3S2. The molecule has 106 valence electrons. The molecule has 5 atom stereocenters. The molecule has 0 saturated carbocycles. The predicted molar refractivity (Wildman–Crippen MR) is 78.7 cm³/mol. The number of methoxy groups -OCH3 is 1. The summed E-state index contributed by atoms with van der Waals surface area (Å²) in [4.78, 5) is 1.08. The Balaban J connectivity index is 1.70. The van der Waals surface area contributed by atoms with Crippen molar-refractivity contribution in [2.24, 2.45) is 0 Å². The van der Waals surface area contributed by atoms with Crippen LogP contribution in [-0.4, -0.2) is 47.0 Å². The molecule has 6 heteroatoms. The maximum Gasteiger partial charge on any atom is 0.113 e. The van der Waals surface area contributed by atoms with Crippen LogP contribution < -0.4 is 0 Å². The van der Waals surface area contributed by atoms with Crippen molar-refractivity contribution in [1.29, 1.82) is 5.26 Å². The maximum absolute atomic E-state index is 10.3. The Morgan fingerprint density at radius 1 is 1.45 bits per heavy atom. The van der Waals surface area contributed by atoms with Gasteiger partial charge in [0.25, 0.3) is 0 Å². The first-order valence-corrected chi connectivity index (χ1v) is 8.30. The minimum Gasteiger partial charge on any atom is -0.388 e. The van der Waals surface area contributed by atoms with Crippen molar-refractivity contribution in [2.75, 3.05) is 12.9 Å². The number of fused-ring (bicyclic) bond motifs is 2. The van der Waals surface area contributed by atoms with Crippen LogP contribution in [0, 0.1) is 11.3 Å². The molecule has 1 N–H and O–H groups in total. The first kappa shape index (κ1) is 14.2. The van der Waals surface area contributed by atoms with E-state index in [4.69, 9.17) is 14.7 Å².